The zero-order chi connectivity index (χ0) is 21.1. The predicted octanol–water partition coefficient (Wildman–Crippen LogP) is 4.24. The van der Waals surface area contributed by atoms with Crippen LogP contribution in [0, 0.1) is 40.4 Å². The lowest BCUT2D eigenvalue weighted by Gasteiger charge is -2.57. The van der Waals surface area contributed by atoms with Crippen LogP contribution in [0.3, 0.4) is 0 Å². The molecule has 0 radical (unpaired) electrons. The second-order valence-corrected chi connectivity index (χ2v) is 10.2. The average molecular weight is 403 g/mol. The Morgan fingerprint density at radius 3 is 2.66 bits per heavy atom. The van der Waals surface area contributed by atoms with Crippen molar-refractivity contribution >= 4 is 17.5 Å². The molecular formula is C24H31FO4. The largest absolute Gasteiger partial charge is 0.458 e. The lowest BCUT2D eigenvalue weighted by Crippen LogP contribution is -2.53. The molecule has 0 aromatic heterocycles. The van der Waals surface area contributed by atoms with Gasteiger partial charge in [0.15, 0.2) is 11.6 Å². The molecule has 3 fully saturated rings. The molecule has 0 heterocycles. The second-order valence-electron chi connectivity index (χ2n) is 10.2. The lowest BCUT2D eigenvalue weighted by atomic mass is 9.47. The molecule has 0 aliphatic heterocycles. The Bertz CT molecular complexity index is 814. The maximum Gasteiger partial charge on any atom is 0.303 e. The number of allylic oxidation sites excluding steroid dienone is 4. The molecule has 5 heteroatoms. The summed E-state index contributed by atoms with van der Waals surface area (Å²) in [6.45, 7) is 7.53. The predicted molar refractivity (Wildman–Crippen MR) is 107 cm³/mol. The monoisotopic (exact) mass is 402 g/mol. The molecule has 4 nitrogen and oxygen atoms in total. The lowest BCUT2D eigenvalue weighted by molar-refractivity contribution is -0.149. The van der Waals surface area contributed by atoms with Crippen LogP contribution in [-0.2, 0) is 19.1 Å². The van der Waals surface area contributed by atoms with Crippen molar-refractivity contribution in [2.24, 2.45) is 40.4 Å². The Morgan fingerprint density at radius 1 is 1.24 bits per heavy atom. The number of hydrogen-bond donors (Lipinski definition) is 0. The van der Waals surface area contributed by atoms with E-state index in [9.17, 15) is 14.4 Å². The Labute approximate surface area is 171 Å². The summed E-state index contributed by atoms with van der Waals surface area (Å²) in [6, 6.07) is 0. The molecule has 0 spiro atoms. The number of ether oxygens (including phenoxy) is 1. The van der Waals surface area contributed by atoms with Gasteiger partial charge in [-0.2, -0.15) is 0 Å². The summed E-state index contributed by atoms with van der Waals surface area (Å²) in [6.07, 6.45) is 7.08. The van der Waals surface area contributed by atoms with E-state index in [0.717, 1.165) is 19.3 Å². The number of ketones is 2. The van der Waals surface area contributed by atoms with Crippen molar-refractivity contribution in [3.8, 4) is 0 Å². The fraction of sp³-hybridized carbons (Fsp3) is 0.708. The standard InChI is InChI=1S/C24H31FO4/c1-13-9-18-16-11-20(25)19-10-15(27)5-7-23(19,3)17(16)6-8-24(18,4)22(13)21(28)12-29-14(2)26/h5,7,10,13,16-18,20,22H,6,8-9,11-12H2,1-4H3/t13-,16-,17+,18+,20+,22-,23-,24+/m1/s1. The minimum Gasteiger partial charge on any atom is -0.458 e. The van der Waals surface area contributed by atoms with Crippen LogP contribution in [0.4, 0.5) is 4.39 Å². The molecule has 0 amide bonds. The van der Waals surface area contributed by atoms with Gasteiger partial charge in [-0.1, -0.05) is 26.8 Å². The maximum atomic E-state index is 15.3. The van der Waals surface area contributed by atoms with Crippen molar-refractivity contribution in [2.75, 3.05) is 6.61 Å². The Hall–Kier alpha value is -1.78. The molecule has 8 atom stereocenters. The highest BCUT2D eigenvalue weighted by Gasteiger charge is 2.62. The van der Waals surface area contributed by atoms with E-state index in [0.29, 0.717) is 12.0 Å². The first-order chi connectivity index (χ1) is 13.6. The van der Waals surface area contributed by atoms with E-state index in [4.69, 9.17) is 4.74 Å². The molecule has 158 valence electrons. The molecule has 4 aliphatic rings. The van der Waals surface area contributed by atoms with Gasteiger partial charge in [-0.05, 0) is 72.5 Å². The topological polar surface area (TPSA) is 60.4 Å². The zero-order valence-electron chi connectivity index (χ0n) is 17.7. The Kier molecular flexibility index (Phi) is 4.86. The van der Waals surface area contributed by atoms with Gasteiger partial charge < -0.3 is 4.74 Å². The summed E-state index contributed by atoms with van der Waals surface area (Å²) >= 11 is 0. The van der Waals surface area contributed by atoms with Gasteiger partial charge in [0.1, 0.15) is 12.8 Å². The number of carbonyl (C=O) groups excluding carboxylic acids is 3. The molecule has 29 heavy (non-hydrogen) atoms. The molecule has 0 N–H and O–H groups in total. The first-order valence-corrected chi connectivity index (χ1v) is 10.8. The van der Waals surface area contributed by atoms with E-state index in [1.807, 2.05) is 6.08 Å². The number of Topliss-reactive ketones (excluding diaryl/α,β-unsaturated/α-hetero) is 1. The molecule has 4 rings (SSSR count). The highest BCUT2D eigenvalue weighted by atomic mass is 19.1. The SMILES string of the molecule is CC(=O)OCC(=O)[C@H]1[C@H](C)C[C@H]2[C@@H]3C[C@H](F)C4=CC(=O)C=C[C@]4(C)[C@H]3CC[C@@]21C. The average Bonchev–Trinajstić information content (AvgIpc) is 2.92. The van der Waals surface area contributed by atoms with Crippen molar-refractivity contribution in [3.63, 3.8) is 0 Å². The van der Waals surface area contributed by atoms with Crippen LogP contribution in [0.1, 0.15) is 53.4 Å². The maximum absolute atomic E-state index is 15.3. The summed E-state index contributed by atoms with van der Waals surface area (Å²) in [4.78, 5) is 36.0. The summed E-state index contributed by atoms with van der Waals surface area (Å²) in [5.41, 5.74) is 0.0348. The fourth-order valence-electron chi connectivity index (χ4n) is 7.51. The van der Waals surface area contributed by atoms with Crippen molar-refractivity contribution in [1.82, 2.24) is 0 Å². The molecule has 0 aromatic carbocycles. The highest BCUT2D eigenvalue weighted by Crippen LogP contribution is 2.67. The molecule has 0 saturated heterocycles. The quantitative estimate of drug-likeness (QED) is 0.663. The Balaban J connectivity index is 1.64. The van der Waals surface area contributed by atoms with Crippen molar-refractivity contribution < 1.29 is 23.5 Å². The van der Waals surface area contributed by atoms with Crippen molar-refractivity contribution in [2.45, 2.75) is 59.5 Å². The molecule has 3 saturated carbocycles. The summed E-state index contributed by atoms with van der Waals surface area (Å²) < 4.78 is 20.3. The van der Waals surface area contributed by atoms with E-state index in [1.165, 1.54) is 13.0 Å². The first-order valence-electron chi connectivity index (χ1n) is 10.8. The van der Waals surface area contributed by atoms with Gasteiger partial charge in [0.25, 0.3) is 0 Å². The van der Waals surface area contributed by atoms with Crippen LogP contribution >= 0.6 is 0 Å². The van der Waals surface area contributed by atoms with Gasteiger partial charge in [0.05, 0.1) is 0 Å². The van der Waals surface area contributed by atoms with Crippen molar-refractivity contribution in [3.05, 3.63) is 23.8 Å². The smallest absolute Gasteiger partial charge is 0.303 e. The molecular weight excluding hydrogens is 371 g/mol. The van der Waals surface area contributed by atoms with Gasteiger partial charge in [-0.3, -0.25) is 14.4 Å². The van der Waals surface area contributed by atoms with E-state index in [-0.39, 0.29) is 53.2 Å². The van der Waals surface area contributed by atoms with Gasteiger partial charge in [0.2, 0.25) is 0 Å². The zero-order valence-corrected chi connectivity index (χ0v) is 17.7. The molecule has 0 bridgehead atoms. The van der Waals surface area contributed by atoms with E-state index in [1.54, 1.807) is 6.08 Å². The highest BCUT2D eigenvalue weighted by molar-refractivity contribution is 6.01. The number of esters is 1. The second kappa shape index (κ2) is 6.88. The number of halogens is 1. The third-order valence-corrected chi connectivity index (χ3v) is 8.64. The molecule has 0 aromatic rings. The minimum absolute atomic E-state index is 0.00119. The van der Waals surface area contributed by atoms with E-state index < -0.39 is 17.6 Å². The van der Waals surface area contributed by atoms with Crippen molar-refractivity contribution in [1.29, 1.82) is 0 Å². The van der Waals surface area contributed by atoms with Crippen LogP contribution in [0.2, 0.25) is 0 Å². The van der Waals surface area contributed by atoms with Crippen LogP contribution in [0.15, 0.2) is 23.8 Å². The number of carbonyl (C=O) groups is 3. The first kappa shape index (κ1) is 20.5. The third-order valence-electron chi connectivity index (χ3n) is 8.64. The normalized spacial score (nSPS) is 45.7. The van der Waals surface area contributed by atoms with Gasteiger partial charge >= 0.3 is 5.97 Å². The summed E-state index contributed by atoms with van der Waals surface area (Å²) in [7, 11) is 0. The van der Waals surface area contributed by atoms with Crippen LogP contribution in [0.5, 0.6) is 0 Å². The Morgan fingerprint density at radius 2 is 1.97 bits per heavy atom. The molecule has 0 unspecified atom stereocenters. The fourth-order valence-corrected chi connectivity index (χ4v) is 7.51. The third kappa shape index (κ3) is 3.03. The van der Waals surface area contributed by atoms with Crippen LogP contribution in [0.25, 0.3) is 0 Å². The van der Waals surface area contributed by atoms with Crippen LogP contribution < -0.4 is 0 Å². The van der Waals surface area contributed by atoms with E-state index in [2.05, 4.69) is 20.8 Å². The number of rotatable bonds is 3. The van der Waals surface area contributed by atoms with Crippen LogP contribution in [-0.4, -0.2) is 30.3 Å². The van der Waals surface area contributed by atoms with E-state index >= 15 is 4.39 Å². The summed E-state index contributed by atoms with van der Waals surface area (Å²) in [5.74, 6) is 0.231. The summed E-state index contributed by atoms with van der Waals surface area (Å²) in [5, 5.41) is 0. The van der Waals surface area contributed by atoms with Gasteiger partial charge in [-0.25, -0.2) is 4.39 Å². The molecule has 4 aliphatic carbocycles. The minimum atomic E-state index is -1.11. The number of hydrogen-bond acceptors (Lipinski definition) is 4. The number of fused-ring (bicyclic) bond motifs is 5. The van der Waals surface area contributed by atoms with Gasteiger partial charge in [0, 0.05) is 18.3 Å². The van der Waals surface area contributed by atoms with Gasteiger partial charge in [-0.15, -0.1) is 0 Å². The number of alkyl halides is 1.